The lowest BCUT2D eigenvalue weighted by atomic mass is 10.00. The molecule has 1 aliphatic rings. The zero-order valence-corrected chi connectivity index (χ0v) is 8.33. The first-order valence-electron chi connectivity index (χ1n) is 4.47. The highest BCUT2D eigenvalue weighted by Gasteiger charge is 2.16. The molecule has 0 nitrogen and oxygen atoms in total. The van der Waals surface area contributed by atoms with Crippen molar-refractivity contribution in [3.8, 4) is 0 Å². The monoisotopic (exact) mass is 180 g/mol. The highest BCUT2D eigenvalue weighted by Crippen LogP contribution is 2.32. The van der Waals surface area contributed by atoms with E-state index >= 15 is 0 Å². The van der Waals surface area contributed by atoms with Crippen LogP contribution in [0.4, 0.5) is 0 Å². The van der Waals surface area contributed by atoms with E-state index < -0.39 is 0 Å². The van der Waals surface area contributed by atoms with E-state index in [1.54, 1.807) is 5.56 Å². The number of fused-ring (bicyclic) bond motifs is 1. The van der Waals surface area contributed by atoms with Gasteiger partial charge >= 0.3 is 0 Å². The van der Waals surface area contributed by atoms with Crippen LogP contribution in [0.5, 0.6) is 0 Å². The third kappa shape index (κ3) is 1.06. The van der Waals surface area contributed by atoms with Crippen LogP contribution in [-0.2, 0) is 12.8 Å². The number of hydrogen-bond acceptors (Lipinski definition) is 0. The first-order valence-corrected chi connectivity index (χ1v) is 4.85. The molecule has 0 aliphatic heterocycles. The van der Waals surface area contributed by atoms with Gasteiger partial charge in [0.05, 0.1) is 0 Å². The summed E-state index contributed by atoms with van der Waals surface area (Å²) in [7, 11) is 0. The van der Waals surface area contributed by atoms with Crippen molar-refractivity contribution in [2.24, 2.45) is 0 Å². The summed E-state index contributed by atoms with van der Waals surface area (Å²) in [6.45, 7) is 4.29. The molecule has 0 bridgehead atoms. The Hall–Kier alpha value is -0.490. The molecule has 64 valence electrons. The Bertz CT molecular complexity index is 326. The first-order chi connectivity index (χ1) is 5.70. The lowest BCUT2D eigenvalue weighted by molar-refractivity contribution is 0.907. The molecular weight excluding hydrogens is 168 g/mol. The van der Waals surface area contributed by atoms with Gasteiger partial charge in [-0.2, -0.15) is 0 Å². The first kappa shape index (κ1) is 8.12. The standard InChI is InChI=1S/C11H13Cl/c1-7-6-11(12)8(2)10-5-3-4-9(7)10/h6H,3-5H2,1-2H3. The Morgan fingerprint density at radius 2 is 1.83 bits per heavy atom. The summed E-state index contributed by atoms with van der Waals surface area (Å²) in [6, 6.07) is 2.10. The minimum Gasteiger partial charge on any atom is -0.0840 e. The van der Waals surface area contributed by atoms with E-state index in [0.29, 0.717) is 0 Å². The number of halogens is 1. The predicted molar refractivity (Wildman–Crippen MR) is 53.0 cm³/mol. The van der Waals surface area contributed by atoms with Crippen LogP contribution in [0.3, 0.4) is 0 Å². The molecule has 1 aromatic carbocycles. The van der Waals surface area contributed by atoms with E-state index in [-0.39, 0.29) is 0 Å². The van der Waals surface area contributed by atoms with Crippen molar-refractivity contribution in [1.29, 1.82) is 0 Å². The molecule has 0 unspecified atom stereocenters. The number of rotatable bonds is 0. The second kappa shape index (κ2) is 2.77. The molecule has 1 aromatic rings. The van der Waals surface area contributed by atoms with Crippen LogP contribution in [0.2, 0.25) is 5.02 Å². The zero-order valence-electron chi connectivity index (χ0n) is 7.58. The summed E-state index contributed by atoms with van der Waals surface area (Å²) in [5, 5.41) is 0.938. The molecule has 0 aromatic heterocycles. The molecule has 1 aliphatic carbocycles. The second-order valence-electron chi connectivity index (χ2n) is 3.61. The maximum atomic E-state index is 6.10. The Labute approximate surface area is 78.6 Å². The van der Waals surface area contributed by atoms with Crippen molar-refractivity contribution in [3.63, 3.8) is 0 Å². The minimum atomic E-state index is 0.938. The second-order valence-corrected chi connectivity index (χ2v) is 4.02. The van der Waals surface area contributed by atoms with E-state index in [1.165, 1.54) is 36.0 Å². The Balaban J connectivity index is 2.69. The van der Waals surface area contributed by atoms with Crippen LogP contribution in [0.1, 0.15) is 28.7 Å². The SMILES string of the molecule is Cc1cc(Cl)c(C)c2c1CCC2. The van der Waals surface area contributed by atoms with Gasteiger partial charge in [0.1, 0.15) is 0 Å². The van der Waals surface area contributed by atoms with Crippen molar-refractivity contribution < 1.29 is 0 Å². The summed E-state index contributed by atoms with van der Waals surface area (Å²) in [5.74, 6) is 0. The van der Waals surface area contributed by atoms with Gasteiger partial charge in [-0.1, -0.05) is 11.6 Å². The Kier molecular flexibility index (Phi) is 1.88. The smallest absolute Gasteiger partial charge is 0.0440 e. The van der Waals surface area contributed by atoms with Crippen molar-refractivity contribution in [3.05, 3.63) is 33.3 Å². The summed E-state index contributed by atoms with van der Waals surface area (Å²) in [6.07, 6.45) is 3.78. The molecule has 0 N–H and O–H groups in total. The topological polar surface area (TPSA) is 0 Å². The minimum absolute atomic E-state index is 0.938. The van der Waals surface area contributed by atoms with Crippen LogP contribution in [0.25, 0.3) is 0 Å². The molecule has 2 rings (SSSR count). The summed E-state index contributed by atoms with van der Waals surface area (Å²) < 4.78 is 0. The highest BCUT2D eigenvalue weighted by atomic mass is 35.5. The molecule has 0 atom stereocenters. The Morgan fingerprint density at radius 1 is 1.17 bits per heavy atom. The average Bonchev–Trinajstić information content (AvgIpc) is 2.48. The number of aryl methyl sites for hydroxylation is 1. The third-order valence-corrected chi connectivity index (χ3v) is 3.24. The van der Waals surface area contributed by atoms with Gasteiger partial charge in [-0.15, -0.1) is 0 Å². The van der Waals surface area contributed by atoms with Crippen molar-refractivity contribution in [2.45, 2.75) is 33.1 Å². The molecule has 0 amide bonds. The van der Waals surface area contributed by atoms with Crippen LogP contribution < -0.4 is 0 Å². The maximum Gasteiger partial charge on any atom is 0.0440 e. The summed E-state index contributed by atoms with van der Waals surface area (Å²) in [4.78, 5) is 0. The van der Waals surface area contributed by atoms with Crippen molar-refractivity contribution in [1.82, 2.24) is 0 Å². The number of hydrogen-bond donors (Lipinski definition) is 0. The van der Waals surface area contributed by atoms with Crippen LogP contribution >= 0.6 is 11.6 Å². The van der Waals surface area contributed by atoms with Gasteiger partial charge in [-0.3, -0.25) is 0 Å². The van der Waals surface area contributed by atoms with Crippen molar-refractivity contribution >= 4 is 11.6 Å². The Morgan fingerprint density at radius 3 is 2.58 bits per heavy atom. The van der Waals surface area contributed by atoms with E-state index in [9.17, 15) is 0 Å². The molecule has 0 saturated heterocycles. The fourth-order valence-electron chi connectivity index (χ4n) is 2.12. The molecule has 0 heterocycles. The zero-order chi connectivity index (χ0) is 8.72. The van der Waals surface area contributed by atoms with E-state index in [1.807, 2.05) is 0 Å². The highest BCUT2D eigenvalue weighted by molar-refractivity contribution is 6.31. The van der Waals surface area contributed by atoms with E-state index in [2.05, 4.69) is 19.9 Å². The molecule has 1 heteroatoms. The maximum absolute atomic E-state index is 6.10. The van der Waals surface area contributed by atoms with E-state index in [0.717, 1.165) is 5.02 Å². The van der Waals surface area contributed by atoms with E-state index in [4.69, 9.17) is 11.6 Å². The molecule has 0 spiro atoms. The molecule has 0 fully saturated rings. The summed E-state index contributed by atoms with van der Waals surface area (Å²) >= 11 is 6.10. The van der Waals surface area contributed by atoms with Gasteiger partial charge in [0.25, 0.3) is 0 Å². The normalized spacial score (nSPS) is 14.9. The van der Waals surface area contributed by atoms with Crippen LogP contribution in [0, 0.1) is 13.8 Å². The van der Waals surface area contributed by atoms with Gasteiger partial charge in [0, 0.05) is 5.02 Å². The number of benzene rings is 1. The molecule has 0 saturated carbocycles. The lowest BCUT2D eigenvalue weighted by Crippen LogP contribution is -1.92. The fourth-order valence-corrected chi connectivity index (χ4v) is 2.40. The average molecular weight is 181 g/mol. The van der Waals surface area contributed by atoms with Crippen LogP contribution in [-0.4, -0.2) is 0 Å². The molecule has 12 heavy (non-hydrogen) atoms. The van der Waals surface area contributed by atoms with Crippen molar-refractivity contribution in [2.75, 3.05) is 0 Å². The van der Waals surface area contributed by atoms with Gasteiger partial charge < -0.3 is 0 Å². The van der Waals surface area contributed by atoms with Gasteiger partial charge in [-0.25, -0.2) is 0 Å². The van der Waals surface area contributed by atoms with Gasteiger partial charge in [0.2, 0.25) is 0 Å². The summed E-state index contributed by atoms with van der Waals surface area (Å²) in [5.41, 5.74) is 5.74. The molecular formula is C11H13Cl. The largest absolute Gasteiger partial charge is 0.0840 e. The van der Waals surface area contributed by atoms with Gasteiger partial charge in [0.15, 0.2) is 0 Å². The van der Waals surface area contributed by atoms with Crippen LogP contribution in [0.15, 0.2) is 6.07 Å². The predicted octanol–water partition coefficient (Wildman–Crippen LogP) is 3.45. The third-order valence-electron chi connectivity index (χ3n) is 2.85. The molecule has 0 radical (unpaired) electrons. The lowest BCUT2D eigenvalue weighted by Gasteiger charge is -2.09. The quantitative estimate of drug-likeness (QED) is 0.574. The van der Waals surface area contributed by atoms with Gasteiger partial charge in [-0.05, 0) is 61.4 Å². The fraction of sp³-hybridized carbons (Fsp3) is 0.455.